The van der Waals surface area contributed by atoms with Crippen LogP contribution in [0.1, 0.15) is 12.7 Å². The van der Waals surface area contributed by atoms with E-state index in [0.717, 1.165) is 6.54 Å². The van der Waals surface area contributed by atoms with Crippen LogP contribution >= 0.6 is 0 Å². The predicted octanol–water partition coefficient (Wildman–Crippen LogP) is 0.852. The molecule has 0 aliphatic heterocycles. The van der Waals surface area contributed by atoms with Crippen LogP contribution < -0.4 is 4.57 Å². The van der Waals surface area contributed by atoms with E-state index in [-0.39, 0.29) is 0 Å². The summed E-state index contributed by atoms with van der Waals surface area (Å²) in [4.78, 5) is 2.58. The third-order valence-electron chi connectivity index (χ3n) is 1.84. The molecule has 0 N–H and O–H groups in total. The van der Waals surface area contributed by atoms with Gasteiger partial charge in [-0.1, -0.05) is 0 Å². The summed E-state index contributed by atoms with van der Waals surface area (Å²) in [6.07, 6.45) is 5.44. The van der Waals surface area contributed by atoms with Gasteiger partial charge >= 0.3 is 0 Å². The van der Waals surface area contributed by atoms with E-state index < -0.39 is 0 Å². The second-order valence-electron chi connectivity index (χ2n) is 2.55. The van der Waals surface area contributed by atoms with Gasteiger partial charge in [0.15, 0.2) is 0 Å². The molecule has 0 aromatic carbocycles. The Morgan fingerprint density at radius 3 is 2.50 bits per heavy atom. The van der Waals surface area contributed by atoms with Crippen LogP contribution in [0.2, 0.25) is 0 Å². The smallest absolute Gasteiger partial charge is 0.252 e. The van der Waals surface area contributed by atoms with Gasteiger partial charge in [0.05, 0.1) is 19.8 Å². The fourth-order valence-corrected chi connectivity index (χ4v) is 0.955. The molecule has 74 valence electrons. The summed E-state index contributed by atoms with van der Waals surface area (Å²) < 4.78 is 4.32. The van der Waals surface area contributed by atoms with Crippen LogP contribution in [-0.4, -0.2) is 10.6 Å². The SMILES string of the molecule is CCn1cc[n+](C)c1C.N#CN=C=[N-]. The summed E-state index contributed by atoms with van der Waals surface area (Å²) in [5.41, 5.74) is 0. The Labute approximate surface area is 83.4 Å². The molecule has 0 saturated heterocycles. The fraction of sp³-hybridized carbons (Fsp3) is 0.444. The van der Waals surface area contributed by atoms with Crippen LogP contribution in [0.5, 0.6) is 0 Å². The van der Waals surface area contributed by atoms with Crippen molar-refractivity contribution in [2.75, 3.05) is 0 Å². The Morgan fingerprint density at radius 1 is 1.71 bits per heavy atom. The Bertz CT molecular complexity index is 365. The van der Waals surface area contributed by atoms with E-state index in [9.17, 15) is 0 Å². The van der Waals surface area contributed by atoms with Gasteiger partial charge in [-0.25, -0.2) is 9.13 Å². The highest BCUT2D eigenvalue weighted by molar-refractivity contribution is 5.46. The molecule has 0 aliphatic carbocycles. The maximum absolute atomic E-state index is 7.43. The minimum absolute atomic E-state index is 1.06. The number of rotatable bonds is 1. The first kappa shape index (κ1) is 12.1. The lowest BCUT2D eigenvalue weighted by Crippen LogP contribution is -2.29. The summed E-state index contributed by atoms with van der Waals surface area (Å²) in [7, 11) is 2.06. The zero-order valence-electron chi connectivity index (χ0n) is 8.60. The molecule has 0 aliphatic rings. The van der Waals surface area contributed by atoms with Crippen LogP contribution in [0.3, 0.4) is 0 Å². The number of hydrogen-bond acceptors (Lipinski definition) is 2. The molecule has 0 amide bonds. The summed E-state index contributed by atoms with van der Waals surface area (Å²) in [6, 6.07) is 1.28. The molecule has 0 radical (unpaired) electrons. The van der Waals surface area contributed by atoms with Gasteiger partial charge < -0.3 is 10.4 Å². The van der Waals surface area contributed by atoms with Gasteiger partial charge in [0.1, 0.15) is 12.4 Å². The van der Waals surface area contributed by atoms with Gasteiger partial charge in [0.2, 0.25) is 0 Å². The quantitative estimate of drug-likeness (QED) is 0.368. The first-order valence-electron chi connectivity index (χ1n) is 4.16. The third-order valence-corrected chi connectivity index (χ3v) is 1.84. The first-order valence-corrected chi connectivity index (χ1v) is 4.16. The number of aromatic nitrogens is 2. The highest BCUT2D eigenvalue weighted by Gasteiger charge is 2.03. The standard InChI is InChI=1S/C7H13N2.C2N3/c1-4-9-6-5-8(3)7(9)2;3-1-5-2-4/h5-6H,4H2,1-3H3;/q+1;-1. The summed E-state index contributed by atoms with van der Waals surface area (Å²) in [6.45, 7) is 5.32. The lowest BCUT2D eigenvalue weighted by Gasteiger charge is -1.90. The maximum atomic E-state index is 7.43. The van der Waals surface area contributed by atoms with Crippen LogP contribution in [-0.2, 0) is 13.6 Å². The molecule has 0 fully saturated rings. The molecule has 0 spiro atoms. The van der Waals surface area contributed by atoms with Gasteiger partial charge in [0, 0.05) is 6.92 Å². The second-order valence-corrected chi connectivity index (χ2v) is 2.55. The number of imidazole rings is 1. The molecule has 5 nitrogen and oxygen atoms in total. The van der Waals surface area contributed by atoms with Crippen molar-refractivity contribution < 1.29 is 4.57 Å². The van der Waals surface area contributed by atoms with Gasteiger partial charge in [-0.05, 0) is 6.92 Å². The summed E-state index contributed by atoms with van der Waals surface area (Å²) in [5.74, 6) is 1.30. The molecule has 1 rings (SSSR count). The molecule has 0 saturated carbocycles. The normalized spacial score (nSPS) is 7.86. The molecular weight excluding hydrogens is 178 g/mol. The minimum Gasteiger partial charge on any atom is -0.422 e. The fourth-order valence-electron chi connectivity index (χ4n) is 0.955. The van der Waals surface area contributed by atoms with Crippen molar-refractivity contribution >= 4 is 6.01 Å². The summed E-state index contributed by atoms with van der Waals surface area (Å²) >= 11 is 0. The van der Waals surface area contributed by atoms with E-state index >= 15 is 0 Å². The van der Waals surface area contributed by atoms with Gasteiger partial charge in [0.25, 0.3) is 5.82 Å². The Morgan fingerprint density at radius 2 is 2.36 bits per heavy atom. The maximum Gasteiger partial charge on any atom is 0.252 e. The zero-order chi connectivity index (χ0) is 11.0. The predicted molar refractivity (Wildman–Crippen MR) is 52.4 cm³/mol. The number of nitrogens with zero attached hydrogens (tertiary/aromatic N) is 5. The largest absolute Gasteiger partial charge is 0.422 e. The Kier molecular flexibility index (Phi) is 5.68. The number of nitriles is 1. The van der Waals surface area contributed by atoms with Crippen molar-refractivity contribution in [1.82, 2.24) is 4.57 Å². The van der Waals surface area contributed by atoms with Crippen molar-refractivity contribution in [3.63, 3.8) is 0 Å². The molecule has 5 heteroatoms. The highest BCUT2D eigenvalue weighted by atomic mass is 15.1. The van der Waals surface area contributed by atoms with E-state index in [1.807, 2.05) is 0 Å². The molecule has 0 atom stereocenters. The van der Waals surface area contributed by atoms with Crippen molar-refractivity contribution in [2.24, 2.45) is 12.0 Å². The van der Waals surface area contributed by atoms with Gasteiger partial charge in [-0.3, -0.25) is 0 Å². The first-order chi connectivity index (χ1) is 6.67. The average Bonchev–Trinajstić information content (AvgIpc) is 2.50. The molecule has 1 heterocycles. The van der Waals surface area contributed by atoms with Crippen molar-refractivity contribution in [1.29, 1.82) is 5.26 Å². The lowest BCUT2D eigenvalue weighted by atomic mass is 10.6. The van der Waals surface area contributed by atoms with E-state index in [0.29, 0.717) is 0 Å². The molecule has 1 aromatic heterocycles. The van der Waals surface area contributed by atoms with E-state index in [1.54, 1.807) is 0 Å². The molecule has 0 unspecified atom stereocenters. The van der Waals surface area contributed by atoms with E-state index in [4.69, 9.17) is 10.7 Å². The number of aryl methyl sites for hydroxylation is 2. The topological polar surface area (TPSA) is 67.3 Å². The summed E-state index contributed by atoms with van der Waals surface area (Å²) in [5, 5.41) is 14.9. The van der Waals surface area contributed by atoms with Crippen molar-refractivity contribution in [3.8, 4) is 6.19 Å². The number of hydrogen-bond donors (Lipinski definition) is 0. The minimum atomic E-state index is 1.06. The van der Waals surface area contributed by atoms with Crippen LogP contribution in [0, 0.1) is 18.4 Å². The van der Waals surface area contributed by atoms with Gasteiger partial charge in [-0.2, -0.15) is 5.26 Å². The molecule has 0 bridgehead atoms. The van der Waals surface area contributed by atoms with Crippen LogP contribution in [0.4, 0.5) is 0 Å². The zero-order valence-corrected chi connectivity index (χ0v) is 8.60. The molecular formula is C9H13N5. The van der Waals surface area contributed by atoms with Gasteiger partial charge in [-0.15, -0.1) is 6.01 Å². The van der Waals surface area contributed by atoms with Crippen molar-refractivity contribution in [3.05, 3.63) is 23.6 Å². The monoisotopic (exact) mass is 191 g/mol. The molecule has 14 heavy (non-hydrogen) atoms. The van der Waals surface area contributed by atoms with E-state index in [1.165, 1.54) is 18.0 Å². The van der Waals surface area contributed by atoms with Crippen LogP contribution in [0.25, 0.3) is 5.41 Å². The Hall–Kier alpha value is -1.92. The number of aliphatic imine (C=N–C) groups is 1. The Balaban J connectivity index is 0.000000292. The van der Waals surface area contributed by atoms with Crippen molar-refractivity contribution in [2.45, 2.75) is 20.4 Å². The molecule has 1 aromatic rings. The van der Waals surface area contributed by atoms with Crippen LogP contribution in [0.15, 0.2) is 17.4 Å². The average molecular weight is 191 g/mol. The second kappa shape index (κ2) is 6.58. The lowest BCUT2D eigenvalue weighted by molar-refractivity contribution is -0.677. The third kappa shape index (κ3) is 3.65. The van der Waals surface area contributed by atoms with E-state index in [2.05, 4.69) is 47.4 Å². The highest BCUT2D eigenvalue weighted by Crippen LogP contribution is 1.89.